The van der Waals surface area contributed by atoms with Gasteiger partial charge in [0.05, 0.1) is 25.0 Å². The van der Waals surface area contributed by atoms with Crippen LogP contribution in [0, 0.1) is 25.2 Å². The van der Waals surface area contributed by atoms with Crippen molar-refractivity contribution in [1.82, 2.24) is 4.57 Å². The van der Waals surface area contributed by atoms with E-state index < -0.39 is 5.97 Å². The van der Waals surface area contributed by atoms with Gasteiger partial charge in [0.2, 0.25) is 0 Å². The fourth-order valence-electron chi connectivity index (χ4n) is 3.44. The maximum absolute atomic E-state index is 12.3. The molecule has 0 aliphatic heterocycles. The summed E-state index contributed by atoms with van der Waals surface area (Å²) in [6.07, 6.45) is 1.55. The smallest absolute Gasteiger partial charge is 0.357 e. The van der Waals surface area contributed by atoms with Gasteiger partial charge in [-0.1, -0.05) is 12.1 Å². The topological polar surface area (TPSA) is 90.3 Å². The minimum atomic E-state index is -0.595. The number of hydrogen-bond donors (Lipinski definition) is 1. The normalized spacial score (nSPS) is 10.4. The summed E-state index contributed by atoms with van der Waals surface area (Å²) in [4.78, 5) is 12.3. The average Bonchev–Trinajstić information content (AvgIpc) is 3.06. The van der Waals surface area contributed by atoms with Gasteiger partial charge in [-0.3, -0.25) is 0 Å². The molecule has 6 nitrogen and oxygen atoms in total. The fraction of sp³-hybridized carbons (Fsp3) is 0.217. The predicted octanol–water partition coefficient (Wildman–Crippen LogP) is 4.40. The Bertz CT molecular complexity index is 1100. The third-order valence-electron chi connectivity index (χ3n) is 4.75. The van der Waals surface area contributed by atoms with Gasteiger partial charge in [0.25, 0.3) is 0 Å². The molecule has 0 amide bonds. The fourth-order valence-corrected chi connectivity index (χ4v) is 3.44. The van der Waals surface area contributed by atoms with Gasteiger partial charge < -0.3 is 19.8 Å². The second-order valence-corrected chi connectivity index (χ2v) is 6.70. The monoisotopic (exact) mass is 389 g/mol. The van der Waals surface area contributed by atoms with Crippen LogP contribution in [0.15, 0.2) is 42.6 Å². The molecule has 148 valence electrons. The van der Waals surface area contributed by atoms with E-state index in [1.165, 1.54) is 7.11 Å². The van der Waals surface area contributed by atoms with Crippen molar-refractivity contribution in [2.75, 3.05) is 19.5 Å². The number of carbonyl (C=O) groups excluding carboxylic acids is 1. The highest BCUT2D eigenvalue weighted by Gasteiger charge is 2.22. The summed E-state index contributed by atoms with van der Waals surface area (Å²) in [6, 6.07) is 13.9. The molecule has 3 aromatic rings. The number of esters is 1. The van der Waals surface area contributed by atoms with Gasteiger partial charge >= 0.3 is 5.97 Å². The van der Waals surface area contributed by atoms with E-state index in [1.54, 1.807) is 10.8 Å². The maximum atomic E-state index is 12.3. The first kappa shape index (κ1) is 20.0. The number of benzene rings is 2. The van der Waals surface area contributed by atoms with E-state index in [0.29, 0.717) is 12.3 Å². The molecule has 29 heavy (non-hydrogen) atoms. The van der Waals surface area contributed by atoms with E-state index in [-0.39, 0.29) is 16.9 Å². The molecule has 1 heterocycles. The number of nitriles is 1. The van der Waals surface area contributed by atoms with E-state index in [1.807, 2.05) is 51.1 Å². The number of carbonyl (C=O) groups is 1. The summed E-state index contributed by atoms with van der Waals surface area (Å²) in [6.45, 7) is 6.62. The minimum Gasteiger partial charge on any atom is -0.493 e. The first-order valence-electron chi connectivity index (χ1n) is 9.25. The van der Waals surface area contributed by atoms with Crippen LogP contribution in [0.3, 0.4) is 0 Å². The Morgan fingerprint density at radius 3 is 2.45 bits per heavy atom. The summed E-state index contributed by atoms with van der Waals surface area (Å²) < 4.78 is 12.2. The molecule has 6 heteroatoms. The number of methoxy groups -OCH3 is 1. The van der Waals surface area contributed by atoms with E-state index >= 15 is 0 Å². The quantitative estimate of drug-likeness (QED) is 0.653. The number of aromatic nitrogens is 1. The predicted molar refractivity (Wildman–Crippen MR) is 112 cm³/mol. The first-order chi connectivity index (χ1) is 13.9. The van der Waals surface area contributed by atoms with E-state index in [9.17, 15) is 10.1 Å². The zero-order valence-corrected chi connectivity index (χ0v) is 16.9. The van der Waals surface area contributed by atoms with Crippen molar-refractivity contribution < 1.29 is 14.3 Å². The summed E-state index contributed by atoms with van der Waals surface area (Å²) >= 11 is 0. The molecule has 0 bridgehead atoms. The Morgan fingerprint density at radius 2 is 1.86 bits per heavy atom. The van der Waals surface area contributed by atoms with Crippen LogP contribution < -0.4 is 10.5 Å². The van der Waals surface area contributed by atoms with Crippen LogP contribution in [0.1, 0.15) is 34.1 Å². The van der Waals surface area contributed by atoms with Crippen LogP contribution in [-0.4, -0.2) is 24.3 Å². The second-order valence-electron chi connectivity index (χ2n) is 6.70. The lowest BCUT2D eigenvalue weighted by Gasteiger charge is -2.14. The molecular formula is C23H23N3O3. The van der Waals surface area contributed by atoms with Gasteiger partial charge in [-0.2, -0.15) is 5.26 Å². The molecule has 2 N–H and O–H groups in total. The van der Waals surface area contributed by atoms with Crippen molar-refractivity contribution in [3.8, 4) is 28.6 Å². The highest BCUT2D eigenvalue weighted by Crippen LogP contribution is 2.32. The largest absolute Gasteiger partial charge is 0.493 e. The molecule has 3 rings (SSSR count). The van der Waals surface area contributed by atoms with E-state index in [2.05, 4.69) is 12.1 Å². The molecule has 0 radical (unpaired) electrons. The number of nitrogens with two attached hydrogens (primary N) is 1. The number of nitrogen functional groups attached to an aromatic ring is 1. The standard InChI is InChI=1S/C23H23N3O3/c1-5-29-22-14(2)9-17(10-15(22)3)16-7-6-8-19(11-16)26-13-18(12-24)20(25)21(26)23(27)28-4/h6-11,13H,5,25H2,1-4H3. The van der Waals surface area contributed by atoms with Gasteiger partial charge in [0, 0.05) is 11.9 Å². The summed E-state index contributed by atoms with van der Waals surface area (Å²) in [5.74, 6) is 0.305. The Balaban J connectivity index is 2.13. The van der Waals surface area contributed by atoms with Crippen LogP contribution >= 0.6 is 0 Å². The Labute approximate surface area is 170 Å². The van der Waals surface area contributed by atoms with Crippen LogP contribution in [0.4, 0.5) is 5.69 Å². The van der Waals surface area contributed by atoms with Crippen LogP contribution in [0.5, 0.6) is 5.75 Å². The number of anilines is 1. The van der Waals surface area contributed by atoms with Gasteiger partial charge in [-0.05, 0) is 67.3 Å². The molecule has 0 saturated carbocycles. The lowest BCUT2D eigenvalue weighted by atomic mass is 9.99. The lowest BCUT2D eigenvalue weighted by Crippen LogP contribution is -2.11. The third kappa shape index (κ3) is 3.67. The zero-order valence-electron chi connectivity index (χ0n) is 16.9. The van der Waals surface area contributed by atoms with Crippen molar-refractivity contribution in [3.63, 3.8) is 0 Å². The van der Waals surface area contributed by atoms with E-state index in [4.69, 9.17) is 15.2 Å². The molecule has 1 aromatic heterocycles. The van der Waals surface area contributed by atoms with Crippen LogP contribution in [0.2, 0.25) is 0 Å². The molecule has 0 fully saturated rings. The van der Waals surface area contributed by atoms with Gasteiger partial charge in [-0.25, -0.2) is 4.79 Å². The minimum absolute atomic E-state index is 0.109. The van der Waals surface area contributed by atoms with Crippen molar-refractivity contribution in [1.29, 1.82) is 5.26 Å². The number of aryl methyl sites for hydroxylation is 2. The summed E-state index contributed by atoms with van der Waals surface area (Å²) in [5.41, 5.74) is 11.3. The van der Waals surface area contributed by atoms with Gasteiger partial charge in [0.1, 0.15) is 11.8 Å². The Morgan fingerprint density at radius 1 is 1.17 bits per heavy atom. The Kier molecular flexibility index (Phi) is 5.60. The SMILES string of the molecule is CCOc1c(C)cc(-c2cccc(-n3cc(C#N)c(N)c3C(=O)OC)c2)cc1C. The molecule has 0 aliphatic carbocycles. The van der Waals surface area contributed by atoms with E-state index in [0.717, 1.165) is 28.0 Å². The van der Waals surface area contributed by atoms with Crippen molar-refractivity contribution in [2.45, 2.75) is 20.8 Å². The number of rotatable bonds is 5. The number of hydrogen-bond acceptors (Lipinski definition) is 5. The number of nitrogens with zero attached hydrogens (tertiary/aromatic N) is 2. The second kappa shape index (κ2) is 8.11. The van der Waals surface area contributed by atoms with Crippen molar-refractivity contribution in [3.05, 3.63) is 65.0 Å². The van der Waals surface area contributed by atoms with Crippen LogP contribution in [0.25, 0.3) is 16.8 Å². The summed E-state index contributed by atoms with van der Waals surface area (Å²) in [7, 11) is 1.28. The molecule has 0 saturated heterocycles. The highest BCUT2D eigenvalue weighted by atomic mass is 16.5. The molecule has 0 unspecified atom stereocenters. The van der Waals surface area contributed by atoms with Crippen molar-refractivity contribution in [2.24, 2.45) is 0 Å². The molecule has 0 aliphatic rings. The first-order valence-corrected chi connectivity index (χ1v) is 9.25. The average molecular weight is 389 g/mol. The number of ether oxygens (including phenoxy) is 2. The van der Waals surface area contributed by atoms with Crippen molar-refractivity contribution >= 4 is 11.7 Å². The third-order valence-corrected chi connectivity index (χ3v) is 4.75. The molecule has 0 atom stereocenters. The van der Waals surface area contributed by atoms with Gasteiger partial charge in [-0.15, -0.1) is 0 Å². The molecule has 0 spiro atoms. The molecular weight excluding hydrogens is 366 g/mol. The molecule has 2 aromatic carbocycles. The van der Waals surface area contributed by atoms with Crippen LogP contribution in [-0.2, 0) is 4.74 Å². The maximum Gasteiger partial charge on any atom is 0.357 e. The lowest BCUT2D eigenvalue weighted by molar-refractivity contribution is 0.0593. The Hall–Kier alpha value is -3.72. The summed E-state index contributed by atoms with van der Waals surface area (Å²) in [5, 5.41) is 9.31. The zero-order chi connectivity index (χ0) is 21.1. The van der Waals surface area contributed by atoms with Gasteiger partial charge in [0.15, 0.2) is 5.69 Å². The highest BCUT2D eigenvalue weighted by molar-refractivity contribution is 5.96.